The lowest BCUT2D eigenvalue weighted by molar-refractivity contribution is -0.0486. The van der Waals surface area contributed by atoms with E-state index in [2.05, 4.69) is 66.7 Å². The Hall–Kier alpha value is -0.520. The Morgan fingerprint density at radius 1 is 1.00 bits per heavy atom. The van der Waals surface area contributed by atoms with Crippen LogP contribution in [0.1, 0.15) is 106 Å². The maximum absolute atomic E-state index is 2.74. The van der Waals surface area contributed by atoms with Gasteiger partial charge in [-0.1, -0.05) is 72.3 Å². The first-order valence-corrected chi connectivity index (χ1v) is 13.6. The Morgan fingerprint density at radius 3 is 2.47 bits per heavy atom. The molecule has 9 unspecified atom stereocenters. The summed E-state index contributed by atoms with van der Waals surface area (Å²) in [7, 11) is 0. The van der Waals surface area contributed by atoms with Crippen molar-refractivity contribution in [3.8, 4) is 0 Å². The van der Waals surface area contributed by atoms with Crippen LogP contribution in [0.15, 0.2) is 23.8 Å². The van der Waals surface area contributed by atoms with E-state index in [1.165, 1.54) is 57.8 Å². The summed E-state index contributed by atoms with van der Waals surface area (Å²) in [6.45, 7) is 17.5. The third-order valence-electron chi connectivity index (χ3n) is 11.0. The van der Waals surface area contributed by atoms with E-state index in [1.807, 2.05) is 5.57 Å². The van der Waals surface area contributed by atoms with Crippen LogP contribution in [0.4, 0.5) is 0 Å². The Morgan fingerprint density at radius 2 is 1.77 bits per heavy atom. The number of hydrogen-bond acceptors (Lipinski definition) is 0. The molecule has 0 radical (unpaired) electrons. The summed E-state index contributed by atoms with van der Waals surface area (Å²) in [5.74, 6) is 6.98. The van der Waals surface area contributed by atoms with Gasteiger partial charge < -0.3 is 0 Å². The Labute approximate surface area is 188 Å². The van der Waals surface area contributed by atoms with Crippen LogP contribution >= 0.6 is 0 Å². The highest BCUT2D eigenvalue weighted by atomic mass is 14.6. The molecule has 0 heteroatoms. The van der Waals surface area contributed by atoms with E-state index in [1.54, 1.807) is 0 Å². The fourth-order valence-corrected chi connectivity index (χ4v) is 9.03. The third-order valence-corrected chi connectivity index (χ3v) is 11.0. The van der Waals surface area contributed by atoms with Crippen molar-refractivity contribution < 1.29 is 0 Å². The summed E-state index contributed by atoms with van der Waals surface area (Å²) >= 11 is 0. The number of hydrogen-bond donors (Lipinski definition) is 0. The molecule has 0 saturated heterocycles. The molecule has 3 fully saturated rings. The van der Waals surface area contributed by atoms with Crippen molar-refractivity contribution in [2.45, 2.75) is 106 Å². The van der Waals surface area contributed by atoms with Crippen LogP contribution in [0.2, 0.25) is 0 Å². The lowest BCUT2D eigenvalue weighted by Crippen LogP contribution is -2.50. The highest BCUT2D eigenvalue weighted by molar-refractivity contribution is 5.25. The van der Waals surface area contributed by atoms with Gasteiger partial charge in [-0.2, -0.15) is 0 Å². The van der Waals surface area contributed by atoms with Crippen LogP contribution in [0.3, 0.4) is 0 Å². The first-order valence-electron chi connectivity index (χ1n) is 13.6. The minimum atomic E-state index is 0.534. The highest BCUT2D eigenvalue weighted by Gasteiger charge is 2.58. The smallest absolute Gasteiger partial charge is 0.00851 e. The number of rotatable bonds is 5. The molecule has 0 nitrogen and oxygen atoms in total. The molecule has 0 aromatic rings. The molecule has 170 valence electrons. The van der Waals surface area contributed by atoms with E-state index < -0.39 is 0 Å². The topological polar surface area (TPSA) is 0 Å². The van der Waals surface area contributed by atoms with Gasteiger partial charge in [0.2, 0.25) is 0 Å². The number of allylic oxidation sites excluding steroid dienone is 4. The third kappa shape index (κ3) is 3.67. The van der Waals surface area contributed by atoms with Crippen LogP contribution in [-0.2, 0) is 0 Å². The van der Waals surface area contributed by atoms with Gasteiger partial charge >= 0.3 is 0 Å². The molecule has 4 aliphatic rings. The normalized spacial score (nSPS) is 45.6. The molecule has 0 aromatic carbocycles. The zero-order chi connectivity index (χ0) is 21.7. The predicted octanol–water partition coefficient (Wildman–Crippen LogP) is 9.08. The minimum absolute atomic E-state index is 0.534. The van der Waals surface area contributed by atoms with Gasteiger partial charge in [-0.15, -0.1) is 0 Å². The Kier molecular flexibility index (Phi) is 6.38. The van der Waals surface area contributed by atoms with Crippen molar-refractivity contribution in [2.75, 3.05) is 0 Å². The van der Waals surface area contributed by atoms with Gasteiger partial charge in [0.05, 0.1) is 0 Å². The van der Waals surface area contributed by atoms with Gasteiger partial charge in [0.1, 0.15) is 0 Å². The zero-order valence-electron chi connectivity index (χ0n) is 21.2. The number of fused-ring (bicyclic) bond motifs is 5. The molecule has 4 aliphatic carbocycles. The van der Waals surface area contributed by atoms with Crippen molar-refractivity contribution in [3.05, 3.63) is 23.8 Å². The first kappa shape index (κ1) is 22.7. The second-order valence-electron chi connectivity index (χ2n) is 12.9. The van der Waals surface area contributed by atoms with Gasteiger partial charge in [0.15, 0.2) is 0 Å². The van der Waals surface area contributed by atoms with Gasteiger partial charge in [-0.05, 0) is 116 Å². The summed E-state index contributed by atoms with van der Waals surface area (Å²) < 4.78 is 0. The van der Waals surface area contributed by atoms with Gasteiger partial charge in [0.25, 0.3) is 0 Å². The van der Waals surface area contributed by atoms with Gasteiger partial charge in [-0.25, -0.2) is 0 Å². The SMILES string of the molecule is CCC(C=CC(C)C1CCC2C3CC=C4CC(C)CCC4(C)C3CCC12C)C(C)C. The van der Waals surface area contributed by atoms with E-state index in [9.17, 15) is 0 Å². The average molecular weight is 411 g/mol. The second-order valence-corrected chi connectivity index (χ2v) is 12.9. The van der Waals surface area contributed by atoms with Crippen molar-refractivity contribution in [1.29, 1.82) is 0 Å². The fraction of sp³-hybridized carbons (Fsp3) is 0.867. The molecule has 4 rings (SSSR count). The van der Waals surface area contributed by atoms with Crippen LogP contribution in [0.25, 0.3) is 0 Å². The summed E-state index contributed by atoms with van der Waals surface area (Å²) in [6.07, 6.45) is 20.9. The zero-order valence-corrected chi connectivity index (χ0v) is 21.2. The summed E-state index contributed by atoms with van der Waals surface area (Å²) in [6, 6.07) is 0. The monoisotopic (exact) mass is 410 g/mol. The predicted molar refractivity (Wildman–Crippen MR) is 131 cm³/mol. The largest absolute Gasteiger partial charge is 0.0851 e. The quantitative estimate of drug-likeness (QED) is 0.396. The maximum atomic E-state index is 2.74. The van der Waals surface area contributed by atoms with E-state index in [4.69, 9.17) is 0 Å². The van der Waals surface area contributed by atoms with Crippen molar-refractivity contribution in [3.63, 3.8) is 0 Å². The van der Waals surface area contributed by atoms with Crippen LogP contribution < -0.4 is 0 Å². The van der Waals surface area contributed by atoms with Crippen LogP contribution in [-0.4, -0.2) is 0 Å². The van der Waals surface area contributed by atoms with Crippen LogP contribution in [0, 0.1) is 58.2 Å². The summed E-state index contributed by atoms with van der Waals surface area (Å²) in [5.41, 5.74) is 2.97. The molecule has 9 atom stereocenters. The van der Waals surface area contributed by atoms with Crippen molar-refractivity contribution >= 4 is 0 Å². The van der Waals surface area contributed by atoms with E-state index in [0.717, 1.165) is 47.3 Å². The second kappa shape index (κ2) is 8.44. The minimum Gasteiger partial charge on any atom is -0.0851 e. The standard InChI is InChI=1S/C30H50/c1-8-23(20(2)3)10-9-22(5)26-13-14-27-25-12-11-24-19-21(4)15-17-29(24,6)28(25)16-18-30(26,27)7/h9-11,20-23,25-28H,8,12-19H2,1-7H3. The lowest BCUT2D eigenvalue weighted by atomic mass is 9.46. The molecule has 0 amide bonds. The fourth-order valence-electron chi connectivity index (χ4n) is 9.03. The molecule has 0 N–H and O–H groups in total. The molecule has 0 aliphatic heterocycles. The van der Waals surface area contributed by atoms with E-state index in [0.29, 0.717) is 10.8 Å². The molecule has 0 spiro atoms. The van der Waals surface area contributed by atoms with Gasteiger partial charge in [-0.3, -0.25) is 0 Å². The van der Waals surface area contributed by atoms with Crippen LogP contribution in [0.5, 0.6) is 0 Å². The summed E-state index contributed by atoms with van der Waals surface area (Å²) in [4.78, 5) is 0. The first-order chi connectivity index (χ1) is 14.2. The Bertz CT molecular complexity index is 668. The van der Waals surface area contributed by atoms with E-state index in [-0.39, 0.29) is 0 Å². The van der Waals surface area contributed by atoms with Crippen molar-refractivity contribution in [1.82, 2.24) is 0 Å². The average Bonchev–Trinajstić information content (AvgIpc) is 3.06. The lowest BCUT2D eigenvalue weighted by Gasteiger charge is -2.58. The molecule has 0 heterocycles. The van der Waals surface area contributed by atoms with E-state index >= 15 is 0 Å². The highest BCUT2D eigenvalue weighted by Crippen LogP contribution is 2.67. The molecule has 0 bridgehead atoms. The van der Waals surface area contributed by atoms with Gasteiger partial charge in [0, 0.05) is 0 Å². The molecular weight excluding hydrogens is 360 g/mol. The maximum Gasteiger partial charge on any atom is -0.00851 e. The molecule has 3 saturated carbocycles. The molecule has 0 aromatic heterocycles. The molecule has 30 heavy (non-hydrogen) atoms. The Balaban J connectivity index is 1.52. The molecular formula is C30H50. The van der Waals surface area contributed by atoms with Crippen molar-refractivity contribution in [2.24, 2.45) is 58.2 Å². The summed E-state index contributed by atoms with van der Waals surface area (Å²) in [5, 5.41) is 0.